The van der Waals surface area contributed by atoms with Crippen LogP contribution in [-0.2, 0) is 0 Å². The molecule has 1 aliphatic rings. The SMILES string of the molecule is CC(Cl)C(C)(C)Sc1cccc2c1C(=O)NC2=O. The molecule has 1 N–H and O–H groups in total. The lowest BCUT2D eigenvalue weighted by Crippen LogP contribution is -2.26. The van der Waals surface area contributed by atoms with E-state index in [-0.39, 0.29) is 21.9 Å². The first-order chi connectivity index (χ1) is 8.33. The normalized spacial score (nSPS) is 16.4. The highest BCUT2D eigenvalue weighted by Gasteiger charge is 2.33. The Morgan fingerprint density at radius 3 is 2.56 bits per heavy atom. The second-order valence-electron chi connectivity index (χ2n) is 4.78. The maximum atomic E-state index is 11.8. The average Bonchev–Trinajstić information content (AvgIpc) is 2.55. The number of amides is 2. The summed E-state index contributed by atoms with van der Waals surface area (Å²) in [7, 11) is 0. The number of nitrogens with one attached hydrogen (secondary N) is 1. The van der Waals surface area contributed by atoms with Crippen molar-refractivity contribution in [1.82, 2.24) is 5.32 Å². The van der Waals surface area contributed by atoms with Crippen LogP contribution >= 0.6 is 23.4 Å². The van der Waals surface area contributed by atoms with Crippen LogP contribution in [0.4, 0.5) is 0 Å². The van der Waals surface area contributed by atoms with E-state index in [4.69, 9.17) is 11.6 Å². The van der Waals surface area contributed by atoms with Gasteiger partial charge in [-0.25, -0.2) is 0 Å². The molecule has 96 valence electrons. The molecule has 3 nitrogen and oxygen atoms in total. The molecule has 0 fully saturated rings. The summed E-state index contributed by atoms with van der Waals surface area (Å²) in [4.78, 5) is 24.1. The number of carbonyl (C=O) groups excluding carboxylic acids is 2. The van der Waals surface area contributed by atoms with Crippen molar-refractivity contribution in [2.24, 2.45) is 0 Å². The number of thioether (sulfide) groups is 1. The van der Waals surface area contributed by atoms with E-state index in [0.717, 1.165) is 4.90 Å². The number of hydrogen-bond acceptors (Lipinski definition) is 3. The zero-order valence-electron chi connectivity index (χ0n) is 10.4. The van der Waals surface area contributed by atoms with Crippen LogP contribution in [0, 0.1) is 0 Å². The van der Waals surface area contributed by atoms with Crippen LogP contribution in [0.2, 0.25) is 0 Å². The van der Waals surface area contributed by atoms with Gasteiger partial charge in [0, 0.05) is 15.0 Å². The van der Waals surface area contributed by atoms with Gasteiger partial charge in [0.1, 0.15) is 0 Å². The first-order valence-corrected chi connectivity index (χ1v) is 6.90. The van der Waals surface area contributed by atoms with Crippen molar-refractivity contribution in [3.05, 3.63) is 29.3 Å². The van der Waals surface area contributed by atoms with Crippen LogP contribution in [0.25, 0.3) is 0 Å². The molecule has 1 heterocycles. The fourth-order valence-corrected chi connectivity index (χ4v) is 2.95. The molecule has 2 rings (SSSR count). The third-order valence-electron chi connectivity index (χ3n) is 3.06. The predicted molar refractivity (Wildman–Crippen MR) is 73.5 cm³/mol. The molecule has 0 spiro atoms. The van der Waals surface area contributed by atoms with Crippen LogP contribution in [0.3, 0.4) is 0 Å². The predicted octanol–water partition coefficient (Wildman–Crippen LogP) is 3.07. The minimum absolute atomic E-state index is 0.0569. The highest BCUT2D eigenvalue weighted by molar-refractivity contribution is 8.00. The highest BCUT2D eigenvalue weighted by Crippen LogP contribution is 2.40. The van der Waals surface area contributed by atoms with E-state index < -0.39 is 0 Å². The molecule has 5 heteroatoms. The maximum Gasteiger partial charge on any atom is 0.260 e. The summed E-state index contributed by atoms with van der Waals surface area (Å²) in [6, 6.07) is 5.30. The van der Waals surface area contributed by atoms with Gasteiger partial charge in [-0.2, -0.15) is 0 Å². The number of rotatable bonds is 3. The van der Waals surface area contributed by atoms with Gasteiger partial charge in [-0.1, -0.05) is 6.07 Å². The van der Waals surface area contributed by atoms with Crippen LogP contribution in [0.5, 0.6) is 0 Å². The molecule has 1 atom stereocenters. The van der Waals surface area contributed by atoms with Crippen molar-refractivity contribution < 1.29 is 9.59 Å². The minimum Gasteiger partial charge on any atom is -0.288 e. The number of imide groups is 1. The standard InChI is InChI=1S/C13H14ClNO2S/c1-7(14)13(2,3)18-9-6-4-5-8-10(9)12(17)15-11(8)16/h4-7H,1-3H3,(H,15,16,17). The van der Waals surface area contributed by atoms with Gasteiger partial charge >= 0.3 is 0 Å². The van der Waals surface area contributed by atoms with E-state index in [1.807, 2.05) is 26.8 Å². The molecule has 1 aromatic rings. The lowest BCUT2D eigenvalue weighted by Gasteiger charge is -2.27. The Morgan fingerprint density at radius 1 is 1.28 bits per heavy atom. The van der Waals surface area contributed by atoms with Gasteiger partial charge < -0.3 is 0 Å². The van der Waals surface area contributed by atoms with Gasteiger partial charge in [-0.3, -0.25) is 14.9 Å². The van der Waals surface area contributed by atoms with E-state index in [2.05, 4.69) is 5.32 Å². The molecule has 0 aliphatic carbocycles. The molecule has 1 unspecified atom stereocenters. The molecule has 0 aromatic heterocycles. The molecule has 1 aliphatic heterocycles. The van der Waals surface area contributed by atoms with E-state index in [0.29, 0.717) is 11.1 Å². The molecule has 2 amide bonds. The molecule has 18 heavy (non-hydrogen) atoms. The largest absolute Gasteiger partial charge is 0.288 e. The van der Waals surface area contributed by atoms with Crippen molar-refractivity contribution >= 4 is 35.2 Å². The molecule has 0 radical (unpaired) electrons. The summed E-state index contributed by atoms with van der Waals surface area (Å²) < 4.78 is -0.220. The van der Waals surface area contributed by atoms with Gasteiger partial charge in [-0.05, 0) is 32.9 Å². The van der Waals surface area contributed by atoms with Gasteiger partial charge in [0.2, 0.25) is 0 Å². The maximum absolute atomic E-state index is 11.8. The molecule has 0 saturated carbocycles. The van der Waals surface area contributed by atoms with E-state index >= 15 is 0 Å². The quantitative estimate of drug-likeness (QED) is 0.527. The lowest BCUT2D eigenvalue weighted by molar-refractivity contribution is 0.0879. The number of benzene rings is 1. The zero-order valence-corrected chi connectivity index (χ0v) is 12.0. The van der Waals surface area contributed by atoms with Gasteiger partial charge in [0.05, 0.1) is 11.1 Å². The summed E-state index contributed by atoms with van der Waals surface area (Å²) in [5.74, 6) is -0.648. The van der Waals surface area contributed by atoms with E-state index in [9.17, 15) is 9.59 Å². The smallest absolute Gasteiger partial charge is 0.260 e. The third-order valence-corrected chi connectivity index (χ3v) is 5.17. The van der Waals surface area contributed by atoms with E-state index in [1.54, 1.807) is 12.1 Å². The topological polar surface area (TPSA) is 46.2 Å². The van der Waals surface area contributed by atoms with Crippen molar-refractivity contribution in [3.8, 4) is 0 Å². The Kier molecular flexibility index (Phi) is 3.43. The molecule has 0 bridgehead atoms. The molecular formula is C13H14ClNO2S. The summed E-state index contributed by atoms with van der Waals surface area (Å²) in [6.07, 6.45) is 0. The summed E-state index contributed by atoms with van der Waals surface area (Å²) in [5, 5.41) is 2.26. The monoisotopic (exact) mass is 283 g/mol. The molecule has 0 saturated heterocycles. The minimum atomic E-state index is -0.325. The number of alkyl halides is 1. The van der Waals surface area contributed by atoms with Crippen LogP contribution < -0.4 is 5.32 Å². The Labute approximate surface area is 115 Å². The zero-order chi connectivity index (χ0) is 13.5. The van der Waals surface area contributed by atoms with Crippen molar-refractivity contribution in [2.45, 2.75) is 35.8 Å². The van der Waals surface area contributed by atoms with Crippen molar-refractivity contribution in [3.63, 3.8) is 0 Å². The van der Waals surface area contributed by atoms with E-state index in [1.165, 1.54) is 11.8 Å². The summed E-state index contributed by atoms with van der Waals surface area (Å²) in [6.45, 7) is 5.95. The number of hydrogen-bond donors (Lipinski definition) is 1. The summed E-state index contributed by atoms with van der Waals surface area (Å²) >= 11 is 7.67. The van der Waals surface area contributed by atoms with Gasteiger partial charge in [-0.15, -0.1) is 23.4 Å². The third kappa shape index (κ3) is 2.27. The second kappa shape index (κ2) is 4.59. The summed E-state index contributed by atoms with van der Waals surface area (Å²) in [5.41, 5.74) is 0.918. The molecule has 1 aromatic carbocycles. The Hall–Kier alpha value is -1.00. The highest BCUT2D eigenvalue weighted by atomic mass is 35.5. The first kappa shape index (κ1) is 13.4. The molecular weight excluding hydrogens is 270 g/mol. The van der Waals surface area contributed by atoms with Gasteiger partial charge in [0.15, 0.2) is 0 Å². The average molecular weight is 284 g/mol. The van der Waals surface area contributed by atoms with Crippen LogP contribution in [0.15, 0.2) is 23.1 Å². The number of halogens is 1. The lowest BCUT2D eigenvalue weighted by atomic mass is 10.1. The Bertz CT molecular complexity index is 526. The van der Waals surface area contributed by atoms with Crippen LogP contribution in [0.1, 0.15) is 41.5 Å². The Balaban J connectivity index is 2.43. The van der Waals surface area contributed by atoms with Gasteiger partial charge in [0.25, 0.3) is 11.8 Å². The number of carbonyl (C=O) groups is 2. The first-order valence-electron chi connectivity index (χ1n) is 5.64. The fraction of sp³-hybridized carbons (Fsp3) is 0.385. The van der Waals surface area contributed by atoms with Crippen molar-refractivity contribution in [2.75, 3.05) is 0 Å². The fourth-order valence-electron chi connectivity index (χ4n) is 1.64. The number of fused-ring (bicyclic) bond motifs is 1. The van der Waals surface area contributed by atoms with Crippen LogP contribution in [-0.4, -0.2) is 21.9 Å². The van der Waals surface area contributed by atoms with Crippen molar-refractivity contribution in [1.29, 1.82) is 0 Å². The Morgan fingerprint density at radius 2 is 1.94 bits per heavy atom. The second-order valence-corrected chi connectivity index (χ2v) is 7.13.